The quantitative estimate of drug-likeness (QED) is 0.638. The van der Waals surface area contributed by atoms with Crippen molar-refractivity contribution in [3.05, 3.63) is 65.2 Å². The minimum atomic E-state index is -0.484. The Balaban J connectivity index is 1.82. The van der Waals surface area contributed by atoms with Crippen LogP contribution in [-0.2, 0) is 14.4 Å². The summed E-state index contributed by atoms with van der Waals surface area (Å²) < 4.78 is 5.44. The van der Waals surface area contributed by atoms with Gasteiger partial charge in [-0.15, -0.1) is 0 Å². The van der Waals surface area contributed by atoms with E-state index in [9.17, 15) is 14.4 Å². The Labute approximate surface area is 164 Å². The Bertz CT molecular complexity index is 817. The molecule has 7 heteroatoms. The van der Waals surface area contributed by atoms with Gasteiger partial charge < -0.3 is 10.1 Å². The number of benzene rings is 2. The van der Waals surface area contributed by atoms with E-state index in [-0.39, 0.29) is 18.9 Å². The van der Waals surface area contributed by atoms with Gasteiger partial charge in [-0.2, -0.15) is 0 Å². The van der Waals surface area contributed by atoms with Crippen LogP contribution >= 0.6 is 0 Å². The summed E-state index contributed by atoms with van der Waals surface area (Å²) in [4.78, 5) is 35.5. The number of nitrogens with one attached hydrogen (secondary N) is 3. The van der Waals surface area contributed by atoms with Crippen LogP contribution in [0.4, 0.5) is 0 Å². The highest BCUT2D eigenvalue weighted by atomic mass is 16.5. The highest BCUT2D eigenvalue weighted by Gasteiger charge is 2.17. The van der Waals surface area contributed by atoms with E-state index in [1.807, 2.05) is 62.4 Å². The molecule has 1 atom stereocenters. The lowest BCUT2D eigenvalue weighted by Gasteiger charge is -2.18. The van der Waals surface area contributed by atoms with Gasteiger partial charge in [0.25, 0.3) is 5.91 Å². The van der Waals surface area contributed by atoms with Crippen LogP contribution in [0.5, 0.6) is 5.75 Å². The lowest BCUT2D eigenvalue weighted by molar-refractivity contribution is -0.130. The molecule has 0 radical (unpaired) electrons. The second-order valence-corrected chi connectivity index (χ2v) is 6.58. The van der Waals surface area contributed by atoms with Gasteiger partial charge >= 0.3 is 0 Å². The molecule has 2 aromatic carbocycles. The summed E-state index contributed by atoms with van der Waals surface area (Å²) in [5.74, 6) is -0.563. The standard InChI is InChI=1S/C21H25N3O4/c1-14-9-15(2)11-18(10-14)28-13-21(27)24-23-20(26)12-19(22-16(3)25)17-7-5-4-6-8-17/h4-11,19H,12-13H2,1-3H3,(H,22,25)(H,23,26)(H,24,27)/t19-/m1/s1. The van der Waals surface area contributed by atoms with Crippen LogP contribution in [-0.4, -0.2) is 24.3 Å². The average Bonchev–Trinajstić information content (AvgIpc) is 2.64. The maximum absolute atomic E-state index is 12.2. The highest BCUT2D eigenvalue weighted by molar-refractivity contribution is 5.83. The van der Waals surface area contributed by atoms with Gasteiger partial charge in [0.2, 0.25) is 11.8 Å². The van der Waals surface area contributed by atoms with Gasteiger partial charge in [-0.05, 0) is 42.7 Å². The zero-order valence-corrected chi connectivity index (χ0v) is 16.2. The van der Waals surface area contributed by atoms with Crippen LogP contribution in [0.3, 0.4) is 0 Å². The predicted molar refractivity (Wildman–Crippen MR) is 105 cm³/mol. The number of ether oxygens (including phenoxy) is 1. The number of carbonyl (C=O) groups excluding carboxylic acids is 3. The number of hydrogen-bond acceptors (Lipinski definition) is 4. The smallest absolute Gasteiger partial charge is 0.276 e. The van der Waals surface area contributed by atoms with E-state index in [0.717, 1.165) is 16.7 Å². The molecule has 0 saturated heterocycles. The SMILES string of the molecule is CC(=O)N[C@H](CC(=O)NNC(=O)COc1cc(C)cc(C)c1)c1ccccc1. The Kier molecular flexibility index (Phi) is 7.56. The zero-order chi connectivity index (χ0) is 20.5. The van der Waals surface area contributed by atoms with Gasteiger partial charge in [-0.3, -0.25) is 25.2 Å². The van der Waals surface area contributed by atoms with E-state index in [4.69, 9.17) is 4.74 Å². The van der Waals surface area contributed by atoms with Crippen molar-refractivity contribution in [2.24, 2.45) is 0 Å². The van der Waals surface area contributed by atoms with Crippen molar-refractivity contribution in [2.75, 3.05) is 6.61 Å². The van der Waals surface area contributed by atoms with Crippen molar-refractivity contribution in [3.8, 4) is 5.75 Å². The van der Waals surface area contributed by atoms with Crippen LogP contribution in [0.1, 0.15) is 36.1 Å². The number of hydrogen-bond donors (Lipinski definition) is 3. The normalized spacial score (nSPS) is 11.2. The van der Waals surface area contributed by atoms with Gasteiger partial charge in [-0.25, -0.2) is 0 Å². The summed E-state index contributed by atoms with van der Waals surface area (Å²) in [5.41, 5.74) is 7.54. The van der Waals surface area contributed by atoms with Crippen molar-refractivity contribution >= 4 is 17.7 Å². The van der Waals surface area contributed by atoms with Gasteiger partial charge in [0.05, 0.1) is 12.5 Å². The third-order valence-corrected chi connectivity index (χ3v) is 3.88. The van der Waals surface area contributed by atoms with Crippen molar-refractivity contribution < 1.29 is 19.1 Å². The monoisotopic (exact) mass is 383 g/mol. The van der Waals surface area contributed by atoms with Gasteiger partial charge in [0, 0.05) is 6.92 Å². The van der Waals surface area contributed by atoms with E-state index in [0.29, 0.717) is 5.75 Å². The van der Waals surface area contributed by atoms with Crippen molar-refractivity contribution in [2.45, 2.75) is 33.2 Å². The van der Waals surface area contributed by atoms with Crippen LogP contribution in [0.2, 0.25) is 0 Å². The minimum absolute atomic E-state index is 0.0121. The number of carbonyl (C=O) groups is 3. The molecule has 0 aliphatic carbocycles. The van der Waals surface area contributed by atoms with E-state index < -0.39 is 17.9 Å². The predicted octanol–water partition coefficient (Wildman–Crippen LogP) is 2.10. The topological polar surface area (TPSA) is 96.5 Å². The Hall–Kier alpha value is -3.35. The molecule has 0 heterocycles. The van der Waals surface area contributed by atoms with Crippen molar-refractivity contribution in [1.29, 1.82) is 0 Å². The minimum Gasteiger partial charge on any atom is -0.484 e. The molecular weight excluding hydrogens is 358 g/mol. The fourth-order valence-electron chi connectivity index (χ4n) is 2.76. The third kappa shape index (κ3) is 7.11. The fourth-order valence-corrected chi connectivity index (χ4v) is 2.76. The van der Waals surface area contributed by atoms with E-state index in [1.165, 1.54) is 6.92 Å². The summed E-state index contributed by atoms with van der Waals surface area (Å²) in [6, 6.07) is 14.3. The number of rotatable bonds is 7. The summed E-state index contributed by atoms with van der Waals surface area (Å²) in [6.45, 7) is 5.05. The second kappa shape index (κ2) is 10.1. The molecular formula is C21H25N3O4. The molecule has 0 unspecified atom stereocenters. The molecule has 28 heavy (non-hydrogen) atoms. The fraction of sp³-hybridized carbons (Fsp3) is 0.286. The molecule has 0 aliphatic heterocycles. The van der Waals surface area contributed by atoms with Gasteiger partial charge in [0.15, 0.2) is 6.61 Å². The van der Waals surface area contributed by atoms with Crippen LogP contribution in [0.15, 0.2) is 48.5 Å². The van der Waals surface area contributed by atoms with E-state index >= 15 is 0 Å². The number of hydrazine groups is 1. The molecule has 3 N–H and O–H groups in total. The molecule has 0 aliphatic rings. The van der Waals surface area contributed by atoms with E-state index in [1.54, 1.807) is 0 Å². The molecule has 2 rings (SSSR count). The summed E-state index contributed by atoms with van der Waals surface area (Å²) in [5, 5.41) is 2.73. The lowest BCUT2D eigenvalue weighted by atomic mass is 10.0. The first-order valence-corrected chi connectivity index (χ1v) is 8.94. The molecule has 0 aromatic heterocycles. The summed E-state index contributed by atoms with van der Waals surface area (Å²) in [7, 11) is 0. The molecule has 148 valence electrons. The Morgan fingerprint density at radius 1 is 0.929 bits per heavy atom. The maximum Gasteiger partial charge on any atom is 0.276 e. The third-order valence-electron chi connectivity index (χ3n) is 3.88. The average molecular weight is 383 g/mol. The molecule has 0 spiro atoms. The molecule has 3 amide bonds. The largest absolute Gasteiger partial charge is 0.484 e. The van der Waals surface area contributed by atoms with Crippen LogP contribution in [0.25, 0.3) is 0 Å². The van der Waals surface area contributed by atoms with E-state index in [2.05, 4.69) is 16.2 Å². The maximum atomic E-state index is 12.2. The van der Waals surface area contributed by atoms with Crippen LogP contribution < -0.4 is 20.9 Å². The second-order valence-electron chi connectivity index (χ2n) is 6.58. The molecule has 0 saturated carbocycles. The van der Waals surface area contributed by atoms with Crippen molar-refractivity contribution in [3.63, 3.8) is 0 Å². The molecule has 0 fully saturated rings. The van der Waals surface area contributed by atoms with Crippen molar-refractivity contribution in [1.82, 2.24) is 16.2 Å². The summed E-state index contributed by atoms with van der Waals surface area (Å²) >= 11 is 0. The van der Waals surface area contributed by atoms with Gasteiger partial charge in [0.1, 0.15) is 5.75 Å². The van der Waals surface area contributed by atoms with Crippen LogP contribution in [0, 0.1) is 13.8 Å². The Morgan fingerprint density at radius 2 is 1.54 bits per heavy atom. The summed E-state index contributed by atoms with van der Waals surface area (Å²) in [6.07, 6.45) is -0.0121. The highest BCUT2D eigenvalue weighted by Crippen LogP contribution is 2.17. The number of aryl methyl sites for hydroxylation is 2. The first-order valence-electron chi connectivity index (χ1n) is 8.94. The number of amides is 3. The molecule has 2 aromatic rings. The molecule has 7 nitrogen and oxygen atoms in total. The lowest BCUT2D eigenvalue weighted by Crippen LogP contribution is -2.45. The first-order chi connectivity index (χ1) is 13.3. The Morgan fingerprint density at radius 3 is 2.14 bits per heavy atom. The van der Waals surface area contributed by atoms with Gasteiger partial charge in [-0.1, -0.05) is 36.4 Å². The molecule has 0 bridgehead atoms. The zero-order valence-electron chi connectivity index (χ0n) is 16.2. The first kappa shape index (κ1) is 21.0.